The van der Waals surface area contributed by atoms with Gasteiger partial charge < -0.3 is 4.74 Å². The highest BCUT2D eigenvalue weighted by Gasteiger charge is 2.66. The van der Waals surface area contributed by atoms with Crippen molar-refractivity contribution in [3.8, 4) is 0 Å². The monoisotopic (exact) mass is 190 g/mol. The van der Waals surface area contributed by atoms with Gasteiger partial charge in [-0.3, -0.25) is 9.59 Å². The van der Waals surface area contributed by atoms with Crippen molar-refractivity contribution >= 4 is 11.9 Å². The Morgan fingerprint density at radius 1 is 1.00 bits per heavy atom. The molecule has 5 aliphatic rings. The number of allylic oxidation sites excluding steroid dienone is 2. The third-order valence-corrected chi connectivity index (χ3v) is 4.40. The van der Waals surface area contributed by atoms with Crippen molar-refractivity contribution in [2.75, 3.05) is 0 Å². The van der Waals surface area contributed by atoms with Gasteiger partial charge in [-0.1, -0.05) is 12.2 Å². The van der Waals surface area contributed by atoms with E-state index < -0.39 is 0 Å². The molecular weight excluding hydrogens is 180 g/mol. The van der Waals surface area contributed by atoms with Gasteiger partial charge in [-0.25, -0.2) is 0 Å². The Hall–Kier alpha value is -1.12. The van der Waals surface area contributed by atoms with Gasteiger partial charge >= 0.3 is 11.9 Å². The molecule has 0 spiro atoms. The molecular formula is C11H10O3. The number of ether oxygens (including phenoxy) is 1. The summed E-state index contributed by atoms with van der Waals surface area (Å²) in [7, 11) is 0. The summed E-state index contributed by atoms with van der Waals surface area (Å²) in [6, 6.07) is 0. The van der Waals surface area contributed by atoms with Gasteiger partial charge in [-0.15, -0.1) is 0 Å². The van der Waals surface area contributed by atoms with Crippen LogP contribution in [0.5, 0.6) is 0 Å². The van der Waals surface area contributed by atoms with Crippen molar-refractivity contribution in [1.82, 2.24) is 0 Å². The second kappa shape index (κ2) is 1.95. The molecule has 3 nitrogen and oxygen atoms in total. The second-order valence-corrected chi connectivity index (χ2v) is 4.89. The SMILES string of the molecule is O=C1OC(=O)[C@H]2[C@@H]3C=C[C@H]([C@@H]4C[C@@H]34)[C@H]12. The molecule has 1 saturated heterocycles. The molecule has 0 aromatic heterocycles. The summed E-state index contributed by atoms with van der Waals surface area (Å²) in [4.78, 5) is 23.0. The highest BCUT2D eigenvalue weighted by Crippen LogP contribution is 2.65. The van der Waals surface area contributed by atoms with Crippen LogP contribution in [0.15, 0.2) is 12.2 Å². The summed E-state index contributed by atoms with van der Waals surface area (Å²) in [6.45, 7) is 0. The lowest BCUT2D eigenvalue weighted by molar-refractivity contribution is -0.154. The van der Waals surface area contributed by atoms with E-state index in [4.69, 9.17) is 4.74 Å². The third-order valence-electron chi connectivity index (χ3n) is 4.40. The molecule has 3 heteroatoms. The minimum atomic E-state index is -0.273. The second-order valence-electron chi connectivity index (χ2n) is 4.89. The number of rotatable bonds is 0. The van der Waals surface area contributed by atoms with Crippen LogP contribution < -0.4 is 0 Å². The highest BCUT2D eigenvalue weighted by atomic mass is 16.6. The summed E-state index contributed by atoms with van der Waals surface area (Å²) in [5, 5.41) is 0. The van der Waals surface area contributed by atoms with E-state index in [0.717, 1.165) is 0 Å². The minimum absolute atomic E-state index is 0.138. The zero-order valence-corrected chi connectivity index (χ0v) is 7.55. The molecule has 1 heterocycles. The van der Waals surface area contributed by atoms with E-state index in [1.54, 1.807) is 0 Å². The Kier molecular flexibility index (Phi) is 1.00. The Morgan fingerprint density at radius 3 is 2.00 bits per heavy atom. The topological polar surface area (TPSA) is 43.4 Å². The van der Waals surface area contributed by atoms with Crippen molar-refractivity contribution in [3.05, 3.63) is 12.2 Å². The quantitative estimate of drug-likeness (QED) is 0.321. The lowest BCUT2D eigenvalue weighted by Crippen LogP contribution is -2.40. The predicted molar refractivity (Wildman–Crippen MR) is 45.8 cm³/mol. The van der Waals surface area contributed by atoms with E-state index in [0.29, 0.717) is 23.7 Å². The molecule has 0 N–H and O–H groups in total. The standard InChI is InChI=1S/C11H10O3/c12-10-8-4-1-2-5(7-3-6(4)7)9(8)11(13)14-10/h1-2,4-9H,3H2/t4-,5-,6+,7+,8+,9+/m1/s1. The van der Waals surface area contributed by atoms with Gasteiger partial charge in [-0.2, -0.15) is 0 Å². The first-order valence-electron chi connectivity index (χ1n) is 5.21. The first-order chi connectivity index (χ1) is 6.77. The molecule has 2 bridgehead atoms. The van der Waals surface area contributed by atoms with Gasteiger partial charge in [0.1, 0.15) is 0 Å². The Labute approximate surface area is 81.1 Å². The van der Waals surface area contributed by atoms with Gasteiger partial charge in [0.05, 0.1) is 11.8 Å². The zero-order valence-electron chi connectivity index (χ0n) is 7.55. The molecule has 4 aliphatic carbocycles. The molecule has 72 valence electrons. The van der Waals surface area contributed by atoms with E-state index in [1.165, 1.54) is 6.42 Å². The molecule has 0 unspecified atom stereocenters. The maximum absolute atomic E-state index is 11.5. The number of cyclic esters (lactones) is 2. The van der Waals surface area contributed by atoms with E-state index in [9.17, 15) is 9.59 Å². The van der Waals surface area contributed by atoms with E-state index in [-0.39, 0.29) is 23.8 Å². The predicted octanol–water partition coefficient (Wildman–Crippen LogP) is 0.754. The summed E-state index contributed by atoms with van der Waals surface area (Å²) in [5.41, 5.74) is 0. The first kappa shape index (κ1) is 7.21. The molecule has 0 radical (unpaired) electrons. The molecule has 0 amide bonds. The lowest BCUT2D eigenvalue weighted by Gasteiger charge is -2.36. The van der Waals surface area contributed by atoms with Gasteiger partial charge in [0.2, 0.25) is 0 Å². The summed E-state index contributed by atoms with van der Waals surface area (Å²) < 4.78 is 4.74. The van der Waals surface area contributed by atoms with Gasteiger partial charge in [0.25, 0.3) is 0 Å². The Balaban J connectivity index is 1.88. The fourth-order valence-corrected chi connectivity index (χ4v) is 3.76. The van der Waals surface area contributed by atoms with Crippen LogP contribution in [0.4, 0.5) is 0 Å². The van der Waals surface area contributed by atoms with Gasteiger partial charge in [-0.05, 0) is 30.1 Å². The van der Waals surface area contributed by atoms with Crippen molar-refractivity contribution in [3.63, 3.8) is 0 Å². The highest BCUT2D eigenvalue weighted by molar-refractivity contribution is 5.97. The number of carbonyl (C=O) groups excluding carboxylic acids is 2. The molecule has 14 heavy (non-hydrogen) atoms. The van der Waals surface area contributed by atoms with E-state index in [2.05, 4.69) is 12.2 Å². The average Bonchev–Trinajstić information content (AvgIpc) is 2.92. The van der Waals surface area contributed by atoms with Gasteiger partial charge in [0.15, 0.2) is 0 Å². The number of hydrogen-bond acceptors (Lipinski definition) is 3. The van der Waals surface area contributed by atoms with E-state index >= 15 is 0 Å². The molecule has 5 rings (SSSR count). The number of esters is 2. The van der Waals surface area contributed by atoms with Crippen LogP contribution in [0.3, 0.4) is 0 Å². The maximum Gasteiger partial charge on any atom is 0.318 e. The minimum Gasteiger partial charge on any atom is -0.393 e. The van der Waals surface area contributed by atoms with Crippen molar-refractivity contribution in [2.45, 2.75) is 6.42 Å². The largest absolute Gasteiger partial charge is 0.393 e. The fourth-order valence-electron chi connectivity index (χ4n) is 3.76. The van der Waals surface area contributed by atoms with Crippen molar-refractivity contribution < 1.29 is 14.3 Å². The number of carbonyl (C=O) groups is 2. The fraction of sp³-hybridized carbons (Fsp3) is 0.636. The molecule has 2 saturated carbocycles. The third kappa shape index (κ3) is 0.606. The molecule has 0 aromatic rings. The summed E-state index contributed by atoms with van der Waals surface area (Å²) in [6.07, 6.45) is 5.48. The van der Waals surface area contributed by atoms with Crippen LogP contribution in [0, 0.1) is 35.5 Å². The zero-order chi connectivity index (χ0) is 9.45. The molecule has 0 aromatic carbocycles. The van der Waals surface area contributed by atoms with Crippen LogP contribution in [-0.4, -0.2) is 11.9 Å². The van der Waals surface area contributed by atoms with Crippen molar-refractivity contribution in [1.29, 1.82) is 0 Å². The van der Waals surface area contributed by atoms with Gasteiger partial charge in [0, 0.05) is 0 Å². The van der Waals surface area contributed by atoms with Crippen molar-refractivity contribution in [2.24, 2.45) is 35.5 Å². The number of hydrogen-bond donors (Lipinski definition) is 0. The van der Waals surface area contributed by atoms with Crippen LogP contribution in [0.2, 0.25) is 0 Å². The van der Waals surface area contributed by atoms with Crippen LogP contribution in [-0.2, 0) is 14.3 Å². The lowest BCUT2D eigenvalue weighted by atomic mass is 9.63. The van der Waals surface area contributed by atoms with Crippen LogP contribution >= 0.6 is 0 Å². The summed E-state index contributed by atoms with van der Waals surface area (Å²) >= 11 is 0. The normalized spacial score (nSPS) is 56.9. The summed E-state index contributed by atoms with van der Waals surface area (Å²) in [5.74, 6) is 1.12. The van der Waals surface area contributed by atoms with Crippen LogP contribution in [0.25, 0.3) is 0 Å². The van der Waals surface area contributed by atoms with E-state index in [1.807, 2.05) is 0 Å². The first-order valence-corrected chi connectivity index (χ1v) is 5.21. The molecule has 6 atom stereocenters. The average molecular weight is 190 g/mol. The Bertz CT molecular complexity index is 350. The van der Waals surface area contributed by atoms with Crippen LogP contribution in [0.1, 0.15) is 6.42 Å². The molecule has 3 fully saturated rings. The maximum atomic E-state index is 11.5. The smallest absolute Gasteiger partial charge is 0.318 e. The molecule has 1 aliphatic heterocycles. The Morgan fingerprint density at radius 2 is 1.50 bits per heavy atom.